The van der Waals surface area contributed by atoms with Crippen LogP contribution in [-0.4, -0.2) is 51.0 Å². The molecule has 1 atom stereocenters. The smallest absolute Gasteiger partial charge is 0.338 e. The number of thioether (sulfide) groups is 1. The molecule has 1 aromatic rings. The van der Waals surface area contributed by atoms with E-state index in [0.29, 0.717) is 5.82 Å². The van der Waals surface area contributed by atoms with Crippen LogP contribution in [0.5, 0.6) is 0 Å². The summed E-state index contributed by atoms with van der Waals surface area (Å²) < 4.78 is 0. The Morgan fingerprint density at radius 1 is 1.56 bits per heavy atom. The third-order valence-electron chi connectivity index (χ3n) is 2.61. The van der Waals surface area contributed by atoms with E-state index in [-0.39, 0.29) is 11.6 Å². The molecule has 1 aliphatic rings. The second-order valence-electron chi connectivity index (χ2n) is 3.71. The maximum absolute atomic E-state index is 10.7. The first kappa shape index (κ1) is 11.3. The molecule has 0 spiro atoms. The van der Waals surface area contributed by atoms with Crippen molar-refractivity contribution >= 4 is 17.7 Å². The highest BCUT2D eigenvalue weighted by atomic mass is 32.2. The summed E-state index contributed by atoms with van der Waals surface area (Å²) in [5.41, 5.74) is 0.134. The quantitative estimate of drug-likeness (QED) is 0.827. The highest BCUT2D eigenvalue weighted by Gasteiger charge is 2.23. The average Bonchev–Trinajstić information content (AvgIpc) is 2.30. The van der Waals surface area contributed by atoms with Crippen molar-refractivity contribution < 1.29 is 9.90 Å². The predicted octanol–water partition coefficient (Wildman–Crippen LogP) is 0.895. The molecule has 2 heterocycles. The van der Waals surface area contributed by atoms with Crippen LogP contribution in [0.1, 0.15) is 22.2 Å². The summed E-state index contributed by atoms with van der Waals surface area (Å²) in [7, 11) is 2.04. The van der Waals surface area contributed by atoms with Gasteiger partial charge in [-0.05, 0) is 7.05 Å². The monoisotopic (exact) mass is 239 g/mol. The molecule has 0 amide bonds. The van der Waals surface area contributed by atoms with Crippen LogP contribution in [0.4, 0.5) is 0 Å². The largest absolute Gasteiger partial charge is 0.478 e. The van der Waals surface area contributed by atoms with Gasteiger partial charge in [-0.2, -0.15) is 11.8 Å². The lowest BCUT2D eigenvalue weighted by atomic mass is 10.2. The normalized spacial score (nSPS) is 21.9. The molecule has 0 saturated carbocycles. The minimum Gasteiger partial charge on any atom is -0.478 e. The van der Waals surface area contributed by atoms with Crippen molar-refractivity contribution in [2.75, 3.05) is 25.1 Å². The Labute approximate surface area is 97.9 Å². The second kappa shape index (κ2) is 4.80. The van der Waals surface area contributed by atoms with Gasteiger partial charge in [-0.3, -0.25) is 4.90 Å². The van der Waals surface area contributed by atoms with Crippen molar-refractivity contribution in [1.82, 2.24) is 14.9 Å². The number of hydrogen-bond acceptors (Lipinski definition) is 5. The fourth-order valence-electron chi connectivity index (χ4n) is 1.58. The Morgan fingerprint density at radius 3 is 2.81 bits per heavy atom. The Balaban J connectivity index is 2.17. The van der Waals surface area contributed by atoms with E-state index < -0.39 is 5.97 Å². The Morgan fingerprint density at radius 2 is 2.25 bits per heavy atom. The molecule has 16 heavy (non-hydrogen) atoms. The van der Waals surface area contributed by atoms with Gasteiger partial charge in [0.15, 0.2) is 0 Å². The molecule has 1 unspecified atom stereocenters. The minimum atomic E-state index is -0.988. The van der Waals surface area contributed by atoms with E-state index in [4.69, 9.17) is 5.11 Å². The van der Waals surface area contributed by atoms with Crippen LogP contribution < -0.4 is 0 Å². The number of nitrogens with zero attached hydrogens (tertiary/aromatic N) is 3. The van der Waals surface area contributed by atoms with Crippen LogP contribution in [0.3, 0.4) is 0 Å². The van der Waals surface area contributed by atoms with Crippen LogP contribution in [0, 0.1) is 0 Å². The molecule has 1 saturated heterocycles. The zero-order valence-corrected chi connectivity index (χ0v) is 9.78. The van der Waals surface area contributed by atoms with Gasteiger partial charge >= 0.3 is 5.97 Å². The molecular weight excluding hydrogens is 226 g/mol. The van der Waals surface area contributed by atoms with Crippen LogP contribution in [-0.2, 0) is 0 Å². The van der Waals surface area contributed by atoms with Gasteiger partial charge < -0.3 is 5.11 Å². The lowest BCUT2D eigenvalue weighted by molar-refractivity contribution is 0.0695. The number of rotatable bonds is 2. The van der Waals surface area contributed by atoms with Crippen molar-refractivity contribution in [2.45, 2.75) is 6.04 Å². The maximum atomic E-state index is 10.7. The summed E-state index contributed by atoms with van der Waals surface area (Å²) in [6.45, 7) is 1.01. The van der Waals surface area contributed by atoms with Gasteiger partial charge in [0.1, 0.15) is 5.82 Å². The van der Waals surface area contributed by atoms with E-state index in [9.17, 15) is 4.79 Å². The second-order valence-corrected chi connectivity index (χ2v) is 4.86. The van der Waals surface area contributed by atoms with E-state index in [1.54, 1.807) is 0 Å². The number of carboxylic acid groups (broad SMARTS) is 1. The van der Waals surface area contributed by atoms with Gasteiger partial charge in [-0.25, -0.2) is 14.8 Å². The molecule has 0 aromatic carbocycles. The topological polar surface area (TPSA) is 66.3 Å². The Kier molecular flexibility index (Phi) is 3.40. The average molecular weight is 239 g/mol. The van der Waals surface area contributed by atoms with Gasteiger partial charge in [-0.15, -0.1) is 0 Å². The van der Waals surface area contributed by atoms with Crippen molar-refractivity contribution in [1.29, 1.82) is 0 Å². The molecule has 1 aliphatic heterocycles. The zero-order valence-electron chi connectivity index (χ0n) is 8.96. The van der Waals surface area contributed by atoms with Crippen molar-refractivity contribution in [2.24, 2.45) is 0 Å². The molecule has 1 N–H and O–H groups in total. The van der Waals surface area contributed by atoms with E-state index in [1.165, 1.54) is 12.4 Å². The molecule has 2 rings (SSSR count). The summed E-state index contributed by atoms with van der Waals surface area (Å²) in [5.74, 6) is 1.81. The number of carbonyl (C=O) groups is 1. The predicted molar refractivity (Wildman–Crippen MR) is 61.7 cm³/mol. The molecule has 0 aliphatic carbocycles. The van der Waals surface area contributed by atoms with Gasteiger partial charge in [0.05, 0.1) is 11.6 Å². The molecule has 5 nitrogen and oxygen atoms in total. The lowest BCUT2D eigenvalue weighted by Gasteiger charge is -2.30. The van der Waals surface area contributed by atoms with E-state index >= 15 is 0 Å². The molecule has 6 heteroatoms. The van der Waals surface area contributed by atoms with Gasteiger partial charge in [-0.1, -0.05) is 0 Å². The van der Waals surface area contributed by atoms with Gasteiger partial charge in [0.2, 0.25) is 0 Å². The van der Waals surface area contributed by atoms with Gasteiger partial charge in [0.25, 0.3) is 0 Å². The maximum Gasteiger partial charge on any atom is 0.338 e. The Bertz CT molecular complexity index is 382. The third-order valence-corrected chi connectivity index (χ3v) is 3.64. The van der Waals surface area contributed by atoms with Crippen LogP contribution in [0.15, 0.2) is 12.4 Å². The SMILES string of the molecule is CN1CCSCC1c1ncc(C(=O)O)cn1. The molecule has 1 fully saturated rings. The first-order valence-corrected chi connectivity index (χ1v) is 6.17. The fraction of sp³-hybridized carbons (Fsp3) is 0.500. The number of hydrogen-bond donors (Lipinski definition) is 1. The molecule has 0 bridgehead atoms. The Hall–Kier alpha value is -1.14. The third kappa shape index (κ3) is 2.33. The highest BCUT2D eigenvalue weighted by Crippen LogP contribution is 2.25. The number of aromatic carboxylic acids is 1. The summed E-state index contributed by atoms with van der Waals surface area (Å²) in [6, 6.07) is 0.196. The van der Waals surface area contributed by atoms with Gasteiger partial charge in [0, 0.05) is 30.4 Å². The lowest BCUT2D eigenvalue weighted by Crippen LogP contribution is -2.33. The van der Waals surface area contributed by atoms with Crippen LogP contribution in [0.25, 0.3) is 0 Å². The highest BCUT2D eigenvalue weighted by molar-refractivity contribution is 7.99. The summed E-state index contributed by atoms with van der Waals surface area (Å²) in [5, 5.41) is 8.74. The molecule has 0 radical (unpaired) electrons. The standard InChI is InChI=1S/C10H13N3O2S/c1-13-2-3-16-6-8(13)9-11-4-7(5-12-9)10(14)15/h4-5,8H,2-3,6H2,1H3,(H,14,15). The van der Waals surface area contributed by atoms with Crippen molar-refractivity contribution in [3.63, 3.8) is 0 Å². The fourth-order valence-corrected chi connectivity index (χ4v) is 2.79. The molecule has 1 aromatic heterocycles. The first-order valence-electron chi connectivity index (χ1n) is 5.01. The minimum absolute atomic E-state index is 0.134. The number of aromatic nitrogens is 2. The van der Waals surface area contributed by atoms with E-state index in [0.717, 1.165) is 18.1 Å². The van der Waals surface area contributed by atoms with Crippen molar-refractivity contribution in [3.05, 3.63) is 23.8 Å². The zero-order chi connectivity index (χ0) is 11.5. The first-order chi connectivity index (χ1) is 7.68. The van der Waals surface area contributed by atoms with E-state index in [1.807, 2.05) is 18.8 Å². The number of carboxylic acids is 1. The summed E-state index contributed by atoms with van der Waals surface area (Å²) in [6.07, 6.45) is 2.75. The molecular formula is C10H13N3O2S. The van der Waals surface area contributed by atoms with Crippen molar-refractivity contribution in [3.8, 4) is 0 Å². The van der Waals surface area contributed by atoms with Crippen LogP contribution >= 0.6 is 11.8 Å². The van der Waals surface area contributed by atoms with E-state index in [2.05, 4.69) is 14.9 Å². The van der Waals surface area contributed by atoms with Crippen LogP contribution in [0.2, 0.25) is 0 Å². The molecule has 86 valence electrons. The summed E-state index contributed by atoms with van der Waals surface area (Å²) in [4.78, 5) is 21.1. The summed E-state index contributed by atoms with van der Waals surface area (Å²) >= 11 is 1.87.